The molecule has 1 amide bonds. The lowest BCUT2D eigenvalue weighted by molar-refractivity contribution is 0.0925. The highest BCUT2D eigenvalue weighted by Crippen LogP contribution is 2.21. The minimum atomic E-state index is -0.979. The van der Waals surface area contributed by atoms with Gasteiger partial charge in [0.15, 0.2) is 11.3 Å². The maximum atomic E-state index is 12.8. The molecule has 0 saturated carbocycles. The topological polar surface area (TPSA) is 75.4 Å². The van der Waals surface area contributed by atoms with Crippen LogP contribution in [0.4, 0.5) is 0 Å². The molecule has 1 aliphatic heterocycles. The first-order valence-electron chi connectivity index (χ1n) is 9.40. The van der Waals surface area contributed by atoms with Crippen LogP contribution in [0.25, 0.3) is 11.0 Å². The summed E-state index contributed by atoms with van der Waals surface area (Å²) in [7, 11) is 1.12. The van der Waals surface area contributed by atoms with E-state index in [-0.39, 0.29) is 16.9 Å². The SMILES string of the molecule is CN1CCC(S(=O)c2ccc(CNC(=O)c3cc4ccncc4o3)cc2)CC1. The molecule has 3 heterocycles. The number of piperidine rings is 1. The van der Waals surface area contributed by atoms with Crippen molar-refractivity contribution in [3.63, 3.8) is 0 Å². The molecule has 1 N–H and O–H groups in total. The third-order valence-corrected chi connectivity index (χ3v) is 6.94. The van der Waals surface area contributed by atoms with E-state index in [1.54, 1.807) is 24.5 Å². The number of amides is 1. The first kappa shape index (κ1) is 18.8. The van der Waals surface area contributed by atoms with E-state index in [9.17, 15) is 9.00 Å². The van der Waals surface area contributed by atoms with Crippen LogP contribution in [0.2, 0.25) is 0 Å². The Morgan fingerprint density at radius 3 is 2.71 bits per heavy atom. The number of nitrogens with zero attached hydrogens (tertiary/aromatic N) is 2. The Labute approximate surface area is 166 Å². The number of rotatable bonds is 5. The average Bonchev–Trinajstić information content (AvgIpc) is 3.17. The number of hydrogen-bond donors (Lipinski definition) is 1. The highest BCUT2D eigenvalue weighted by atomic mass is 32.2. The lowest BCUT2D eigenvalue weighted by atomic mass is 10.1. The summed E-state index contributed by atoms with van der Waals surface area (Å²) in [5, 5.41) is 3.93. The number of carbonyl (C=O) groups excluding carboxylic acids is 1. The van der Waals surface area contributed by atoms with E-state index in [0.717, 1.165) is 41.8 Å². The predicted octanol–water partition coefficient (Wildman–Crippen LogP) is 2.96. The van der Waals surface area contributed by atoms with Crippen LogP contribution in [0.5, 0.6) is 0 Å². The fraction of sp³-hybridized carbons (Fsp3) is 0.333. The molecule has 6 nitrogen and oxygen atoms in total. The molecule has 0 spiro atoms. The van der Waals surface area contributed by atoms with Crippen LogP contribution in [0.3, 0.4) is 0 Å². The molecule has 1 fully saturated rings. The molecule has 2 aromatic heterocycles. The third kappa shape index (κ3) is 4.15. The summed E-state index contributed by atoms with van der Waals surface area (Å²) >= 11 is 0. The van der Waals surface area contributed by atoms with Crippen molar-refractivity contribution in [3.05, 3.63) is 60.1 Å². The molecule has 0 bridgehead atoms. The fourth-order valence-corrected chi connectivity index (χ4v) is 4.83. The molecule has 1 unspecified atom stereocenters. The van der Waals surface area contributed by atoms with Gasteiger partial charge in [0.2, 0.25) is 0 Å². The van der Waals surface area contributed by atoms with Gasteiger partial charge in [0.05, 0.1) is 17.0 Å². The number of nitrogens with one attached hydrogen (secondary N) is 1. The Hall–Kier alpha value is -2.51. The van der Waals surface area contributed by atoms with Crippen LogP contribution in [0.15, 0.2) is 58.1 Å². The monoisotopic (exact) mass is 397 g/mol. The van der Waals surface area contributed by atoms with E-state index < -0.39 is 10.8 Å². The van der Waals surface area contributed by atoms with Crippen molar-refractivity contribution in [3.8, 4) is 0 Å². The molecule has 3 aromatic rings. The van der Waals surface area contributed by atoms with E-state index in [2.05, 4.69) is 22.2 Å². The van der Waals surface area contributed by atoms with Crippen LogP contribution in [-0.4, -0.2) is 45.4 Å². The number of carbonyl (C=O) groups is 1. The van der Waals surface area contributed by atoms with Crippen molar-refractivity contribution in [2.45, 2.75) is 29.5 Å². The van der Waals surface area contributed by atoms with Crippen LogP contribution in [-0.2, 0) is 17.3 Å². The number of likely N-dealkylation sites (tertiary alicyclic amines) is 1. The van der Waals surface area contributed by atoms with E-state index >= 15 is 0 Å². The number of hydrogen-bond acceptors (Lipinski definition) is 5. The molecular formula is C21H23N3O3S. The Balaban J connectivity index is 1.35. The smallest absolute Gasteiger partial charge is 0.287 e. The Kier molecular flexibility index (Phi) is 5.54. The van der Waals surface area contributed by atoms with Crippen LogP contribution < -0.4 is 5.32 Å². The second-order valence-electron chi connectivity index (χ2n) is 7.15. The first-order valence-corrected chi connectivity index (χ1v) is 10.6. The summed E-state index contributed by atoms with van der Waals surface area (Å²) in [4.78, 5) is 19.4. The number of furan rings is 1. The zero-order valence-electron chi connectivity index (χ0n) is 15.8. The van der Waals surface area contributed by atoms with Crippen LogP contribution >= 0.6 is 0 Å². The average molecular weight is 398 g/mol. The van der Waals surface area contributed by atoms with Crippen LogP contribution in [0.1, 0.15) is 29.0 Å². The van der Waals surface area contributed by atoms with E-state index in [1.807, 2.05) is 24.3 Å². The van der Waals surface area contributed by atoms with Crippen molar-refractivity contribution < 1.29 is 13.4 Å². The quantitative estimate of drug-likeness (QED) is 0.716. The van der Waals surface area contributed by atoms with Gasteiger partial charge in [-0.25, -0.2) is 0 Å². The van der Waals surface area contributed by atoms with Gasteiger partial charge in [-0.1, -0.05) is 12.1 Å². The normalized spacial score (nSPS) is 16.9. The molecule has 1 aliphatic rings. The van der Waals surface area contributed by atoms with Gasteiger partial charge in [-0.2, -0.15) is 0 Å². The molecule has 0 aliphatic carbocycles. The zero-order valence-corrected chi connectivity index (χ0v) is 16.6. The summed E-state index contributed by atoms with van der Waals surface area (Å²) in [6.45, 7) is 2.38. The molecule has 146 valence electrons. The van der Waals surface area contributed by atoms with E-state index in [0.29, 0.717) is 12.1 Å². The van der Waals surface area contributed by atoms with Gasteiger partial charge in [0, 0.05) is 28.3 Å². The Morgan fingerprint density at radius 2 is 2.00 bits per heavy atom. The summed E-state index contributed by atoms with van der Waals surface area (Å²) in [5.74, 6) is -0.00170. The number of pyridine rings is 1. The van der Waals surface area contributed by atoms with Crippen molar-refractivity contribution in [1.29, 1.82) is 0 Å². The second kappa shape index (κ2) is 8.24. The summed E-state index contributed by atoms with van der Waals surface area (Å²) in [6, 6.07) is 11.2. The molecule has 28 heavy (non-hydrogen) atoms. The van der Waals surface area contributed by atoms with Gasteiger partial charge in [0.1, 0.15) is 0 Å². The number of benzene rings is 1. The van der Waals surface area contributed by atoms with Crippen LogP contribution in [0, 0.1) is 0 Å². The van der Waals surface area contributed by atoms with Gasteiger partial charge < -0.3 is 14.6 Å². The minimum Gasteiger partial charge on any atom is -0.449 e. The highest BCUT2D eigenvalue weighted by molar-refractivity contribution is 7.85. The standard InChI is InChI=1S/C21H23N3O3S/c1-24-10-7-18(8-11-24)28(26)17-4-2-15(3-5-17)13-23-21(25)19-12-16-6-9-22-14-20(16)27-19/h2-6,9,12,14,18H,7-8,10-11,13H2,1H3,(H,23,25). The summed E-state index contributed by atoms with van der Waals surface area (Å²) in [6.07, 6.45) is 5.19. The maximum absolute atomic E-state index is 12.8. The second-order valence-corrected chi connectivity index (χ2v) is 8.88. The van der Waals surface area contributed by atoms with E-state index in [1.165, 1.54) is 0 Å². The fourth-order valence-electron chi connectivity index (χ4n) is 3.40. The van der Waals surface area contributed by atoms with Crippen molar-refractivity contribution in [2.24, 2.45) is 0 Å². The number of aromatic nitrogens is 1. The zero-order chi connectivity index (χ0) is 19.5. The molecular weight excluding hydrogens is 374 g/mol. The summed E-state index contributed by atoms with van der Waals surface area (Å²) < 4.78 is 18.3. The van der Waals surface area contributed by atoms with Gasteiger partial charge in [-0.05, 0) is 62.8 Å². The predicted molar refractivity (Wildman–Crippen MR) is 109 cm³/mol. The lowest BCUT2D eigenvalue weighted by Crippen LogP contribution is -2.35. The lowest BCUT2D eigenvalue weighted by Gasteiger charge is -2.28. The Bertz CT molecular complexity index is 959. The van der Waals surface area contributed by atoms with Crippen molar-refractivity contribution in [1.82, 2.24) is 15.2 Å². The van der Waals surface area contributed by atoms with Gasteiger partial charge in [0.25, 0.3) is 5.91 Å². The molecule has 1 atom stereocenters. The molecule has 7 heteroatoms. The molecule has 0 radical (unpaired) electrons. The minimum absolute atomic E-state index is 0.226. The maximum Gasteiger partial charge on any atom is 0.287 e. The largest absolute Gasteiger partial charge is 0.449 e. The third-order valence-electron chi connectivity index (χ3n) is 5.12. The molecule has 1 aromatic carbocycles. The van der Waals surface area contributed by atoms with Gasteiger partial charge >= 0.3 is 0 Å². The highest BCUT2D eigenvalue weighted by Gasteiger charge is 2.23. The van der Waals surface area contributed by atoms with E-state index in [4.69, 9.17) is 4.42 Å². The van der Waals surface area contributed by atoms with Gasteiger partial charge in [-0.15, -0.1) is 0 Å². The first-order chi connectivity index (χ1) is 13.6. The number of fused-ring (bicyclic) bond motifs is 1. The Morgan fingerprint density at radius 1 is 1.25 bits per heavy atom. The van der Waals surface area contributed by atoms with Crippen molar-refractivity contribution >= 4 is 27.7 Å². The molecule has 4 rings (SSSR count). The summed E-state index contributed by atoms with van der Waals surface area (Å²) in [5.41, 5.74) is 1.55. The van der Waals surface area contributed by atoms with Crippen molar-refractivity contribution in [2.75, 3.05) is 20.1 Å². The van der Waals surface area contributed by atoms with Gasteiger partial charge in [-0.3, -0.25) is 14.0 Å². The molecule has 1 saturated heterocycles.